The third-order valence-electron chi connectivity index (χ3n) is 0.746. The van der Waals surface area contributed by atoms with Crippen LogP contribution in [0, 0.1) is 6.92 Å². The molecular formula is C5H6NO2. The smallest absolute Gasteiger partial charge is 0.254 e. The summed E-state index contributed by atoms with van der Waals surface area (Å²) in [5, 5.41) is 3.47. The molecule has 3 heteroatoms. The third-order valence-corrected chi connectivity index (χ3v) is 0.746. The van der Waals surface area contributed by atoms with E-state index in [0.717, 1.165) is 0 Å². The average molecular weight is 112 g/mol. The Hall–Kier alpha value is -0.990. The predicted octanol–water partition coefficient (Wildman–Crippen LogP) is 0.865. The summed E-state index contributed by atoms with van der Waals surface area (Å²) >= 11 is 0. The van der Waals surface area contributed by atoms with Crippen molar-refractivity contribution in [3.63, 3.8) is 0 Å². The molecule has 0 unspecified atom stereocenters. The van der Waals surface area contributed by atoms with Crippen LogP contribution in [0.4, 0.5) is 0 Å². The van der Waals surface area contributed by atoms with Gasteiger partial charge in [0.1, 0.15) is 5.76 Å². The fourth-order valence-electron chi connectivity index (χ4n) is 0.390. The number of nitrogens with zero attached hydrogens (tertiary/aromatic N) is 1. The molecule has 1 aromatic heterocycles. The Morgan fingerprint density at radius 2 is 2.62 bits per heavy atom. The lowest BCUT2D eigenvalue weighted by Crippen LogP contribution is -1.78. The van der Waals surface area contributed by atoms with E-state index in [2.05, 4.69) is 16.6 Å². The minimum Gasteiger partial charge on any atom is -0.479 e. The normalized spacial score (nSPS) is 9.25. The molecule has 1 rings (SSSR count). The molecule has 1 radical (unpaired) electrons. The van der Waals surface area contributed by atoms with E-state index in [9.17, 15) is 0 Å². The molecular weight excluding hydrogens is 106 g/mol. The first-order valence-electron chi connectivity index (χ1n) is 2.15. The first-order chi connectivity index (χ1) is 3.83. The van der Waals surface area contributed by atoms with Gasteiger partial charge in [-0.05, 0) is 5.16 Å². The fourth-order valence-corrected chi connectivity index (χ4v) is 0.390. The highest BCUT2D eigenvalue weighted by Crippen LogP contribution is 2.07. The molecule has 0 spiro atoms. The molecule has 0 amide bonds. The maximum Gasteiger partial charge on any atom is 0.254 e. The first kappa shape index (κ1) is 5.15. The molecule has 8 heavy (non-hydrogen) atoms. The zero-order chi connectivity index (χ0) is 5.98. The maximum atomic E-state index is 4.69. The topological polar surface area (TPSA) is 35.3 Å². The van der Waals surface area contributed by atoms with Crippen molar-refractivity contribution in [2.24, 2.45) is 0 Å². The van der Waals surface area contributed by atoms with Gasteiger partial charge in [0.2, 0.25) is 0 Å². The van der Waals surface area contributed by atoms with E-state index >= 15 is 0 Å². The highest BCUT2D eigenvalue weighted by atomic mass is 16.5. The monoisotopic (exact) mass is 112 g/mol. The third kappa shape index (κ3) is 0.804. The lowest BCUT2D eigenvalue weighted by atomic mass is 10.5. The van der Waals surface area contributed by atoms with E-state index in [4.69, 9.17) is 4.74 Å². The van der Waals surface area contributed by atoms with Gasteiger partial charge in [0.25, 0.3) is 5.88 Å². The van der Waals surface area contributed by atoms with Crippen molar-refractivity contribution in [1.29, 1.82) is 0 Å². The van der Waals surface area contributed by atoms with Crippen LogP contribution in [-0.2, 0) is 0 Å². The van der Waals surface area contributed by atoms with E-state index in [0.29, 0.717) is 11.6 Å². The molecule has 0 saturated heterocycles. The van der Waals surface area contributed by atoms with Gasteiger partial charge in [-0.1, -0.05) is 0 Å². The van der Waals surface area contributed by atoms with Gasteiger partial charge in [-0.2, -0.15) is 0 Å². The molecule has 0 N–H and O–H groups in total. The van der Waals surface area contributed by atoms with Crippen molar-refractivity contribution in [2.75, 3.05) is 7.11 Å². The number of methoxy groups -OCH3 is 1. The molecule has 1 aromatic rings. The van der Waals surface area contributed by atoms with Gasteiger partial charge in [-0.25, -0.2) is 0 Å². The number of ether oxygens (including phenoxy) is 1. The molecule has 0 aliphatic heterocycles. The van der Waals surface area contributed by atoms with Crippen LogP contribution in [0.5, 0.6) is 5.88 Å². The second-order valence-corrected chi connectivity index (χ2v) is 1.34. The number of rotatable bonds is 1. The van der Waals surface area contributed by atoms with Crippen molar-refractivity contribution in [3.8, 4) is 5.88 Å². The fraction of sp³-hybridized carbons (Fsp3) is 0.200. The van der Waals surface area contributed by atoms with Crippen LogP contribution in [0.3, 0.4) is 0 Å². The number of hydrogen-bond acceptors (Lipinski definition) is 3. The second-order valence-electron chi connectivity index (χ2n) is 1.34. The molecule has 0 aliphatic carbocycles. The highest BCUT2D eigenvalue weighted by Gasteiger charge is 1.94. The van der Waals surface area contributed by atoms with Crippen LogP contribution in [0.25, 0.3) is 0 Å². The zero-order valence-electron chi connectivity index (χ0n) is 4.55. The summed E-state index contributed by atoms with van der Waals surface area (Å²) in [6.07, 6.45) is 0. The predicted molar refractivity (Wildman–Crippen MR) is 27.5 cm³/mol. The number of aromatic nitrogens is 1. The van der Waals surface area contributed by atoms with E-state index in [-0.39, 0.29) is 0 Å². The van der Waals surface area contributed by atoms with Crippen LogP contribution < -0.4 is 4.74 Å². The Morgan fingerprint density at radius 3 is 2.88 bits per heavy atom. The highest BCUT2D eigenvalue weighted by molar-refractivity contribution is 5.12. The molecule has 0 bridgehead atoms. The van der Waals surface area contributed by atoms with Gasteiger partial charge < -0.3 is 9.26 Å². The van der Waals surface area contributed by atoms with Crippen molar-refractivity contribution >= 4 is 0 Å². The summed E-state index contributed by atoms with van der Waals surface area (Å²) in [4.78, 5) is 0. The van der Waals surface area contributed by atoms with E-state index in [1.54, 1.807) is 6.07 Å². The standard InChI is InChI=1S/C5H6NO2/c1-4-3-5(7-2)6-8-4/h3H,1H2,2H3. The van der Waals surface area contributed by atoms with Crippen LogP contribution in [0.2, 0.25) is 0 Å². The Kier molecular flexibility index (Phi) is 1.20. The van der Waals surface area contributed by atoms with Crippen LogP contribution >= 0.6 is 0 Å². The largest absolute Gasteiger partial charge is 0.479 e. The second kappa shape index (κ2) is 1.86. The lowest BCUT2D eigenvalue weighted by Gasteiger charge is -1.83. The Morgan fingerprint density at radius 1 is 1.88 bits per heavy atom. The average Bonchev–Trinajstić information content (AvgIpc) is 2.14. The molecule has 1 heterocycles. The van der Waals surface area contributed by atoms with Gasteiger partial charge in [-0.15, -0.1) is 0 Å². The van der Waals surface area contributed by atoms with Crippen molar-refractivity contribution < 1.29 is 9.26 Å². The van der Waals surface area contributed by atoms with Gasteiger partial charge in [0.05, 0.1) is 7.11 Å². The van der Waals surface area contributed by atoms with Gasteiger partial charge in [0.15, 0.2) is 0 Å². The van der Waals surface area contributed by atoms with Crippen molar-refractivity contribution in [3.05, 3.63) is 18.8 Å². The molecule has 43 valence electrons. The van der Waals surface area contributed by atoms with Gasteiger partial charge >= 0.3 is 0 Å². The Balaban J connectivity index is 2.84. The van der Waals surface area contributed by atoms with Gasteiger partial charge in [0, 0.05) is 13.0 Å². The summed E-state index contributed by atoms with van der Waals surface area (Å²) < 4.78 is 9.26. The summed E-state index contributed by atoms with van der Waals surface area (Å²) in [6.45, 7) is 3.48. The van der Waals surface area contributed by atoms with E-state index < -0.39 is 0 Å². The zero-order valence-corrected chi connectivity index (χ0v) is 4.55. The molecule has 0 atom stereocenters. The van der Waals surface area contributed by atoms with Gasteiger partial charge in [-0.3, -0.25) is 0 Å². The summed E-state index contributed by atoms with van der Waals surface area (Å²) in [7, 11) is 1.53. The van der Waals surface area contributed by atoms with Crippen LogP contribution in [-0.4, -0.2) is 12.3 Å². The summed E-state index contributed by atoms with van der Waals surface area (Å²) in [5.74, 6) is 0.983. The summed E-state index contributed by atoms with van der Waals surface area (Å²) in [5.41, 5.74) is 0. The Labute approximate surface area is 47.2 Å². The Bertz CT molecular complexity index is 171. The van der Waals surface area contributed by atoms with Crippen molar-refractivity contribution in [2.45, 2.75) is 0 Å². The SMILES string of the molecule is [CH2]c1cc(OC)no1. The first-order valence-corrected chi connectivity index (χ1v) is 2.15. The van der Waals surface area contributed by atoms with E-state index in [1.165, 1.54) is 7.11 Å². The summed E-state index contributed by atoms with van der Waals surface area (Å²) in [6, 6.07) is 1.61. The van der Waals surface area contributed by atoms with Crippen LogP contribution in [0.15, 0.2) is 10.6 Å². The maximum absolute atomic E-state index is 4.69. The molecule has 3 nitrogen and oxygen atoms in total. The van der Waals surface area contributed by atoms with Crippen LogP contribution in [0.1, 0.15) is 5.76 Å². The molecule has 0 fully saturated rings. The number of hydrogen-bond donors (Lipinski definition) is 0. The quantitative estimate of drug-likeness (QED) is 0.540. The van der Waals surface area contributed by atoms with Crippen molar-refractivity contribution in [1.82, 2.24) is 5.16 Å². The molecule has 0 aliphatic rings. The lowest BCUT2D eigenvalue weighted by molar-refractivity contribution is 0.335. The van der Waals surface area contributed by atoms with E-state index in [1.807, 2.05) is 0 Å². The molecule has 0 saturated carbocycles. The minimum absolute atomic E-state index is 0.468. The minimum atomic E-state index is 0.468. The molecule has 0 aromatic carbocycles.